The van der Waals surface area contributed by atoms with Crippen LogP contribution in [0.1, 0.15) is 0 Å². The predicted molar refractivity (Wildman–Crippen MR) is 49.2 cm³/mol. The molecular formula is C9H10N4. The van der Waals surface area contributed by atoms with Crippen LogP contribution in [0.4, 0.5) is 5.69 Å². The average molecular weight is 174 g/mol. The van der Waals surface area contributed by atoms with Gasteiger partial charge >= 0.3 is 0 Å². The molecule has 0 bridgehead atoms. The normalized spacial score (nSPS) is 9.85. The predicted octanol–water partition coefficient (Wildman–Crippen LogP) is 2.14. The van der Waals surface area contributed by atoms with E-state index >= 15 is 0 Å². The van der Waals surface area contributed by atoms with Crippen molar-refractivity contribution < 1.29 is 0 Å². The van der Waals surface area contributed by atoms with Gasteiger partial charge in [-0.3, -0.25) is 5.01 Å². The first kappa shape index (κ1) is 9.20. The molecule has 0 saturated heterocycles. The highest BCUT2D eigenvalue weighted by Gasteiger charge is 1.89. The van der Waals surface area contributed by atoms with Crippen LogP contribution in [0.5, 0.6) is 0 Å². The summed E-state index contributed by atoms with van der Waals surface area (Å²) in [6, 6.07) is 11.4. The van der Waals surface area contributed by atoms with Crippen molar-refractivity contribution in [1.82, 2.24) is 5.01 Å². The first-order valence-corrected chi connectivity index (χ1v) is 3.87. The molecular weight excluding hydrogens is 164 g/mol. The van der Waals surface area contributed by atoms with Gasteiger partial charge in [0.2, 0.25) is 0 Å². The van der Waals surface area contributed by atoms with E-state index in [1.54, 1.807) is 7.05 Å². The van der Waals surface area contributed by atoms with Crippen molar-refractivity contribution >= 4 is 5.69 Å². The minimum Gasteiger partial charge on any atom is -0.267 e. The van der Waals surface area contributed by atoms with E-state index in [4.69, 9.17) is 5.26 Å². The Morgan fingerprint density at radius 3 is 2.69 bits per heavy atom. The summed E-state index contributed by atoms with van der Waals surface area (Å²) < 4.78 is 0. The fourth-order valence-electron chi connectivity index (χ4n) is 0.757. The Balaban J connectivity index is 2.55. The first-order chi connectivity index (χ1) is 6.33. The van der Waals surface area contributed by atoms with E-state index < -0.39 is 0 Å². The zero-order valence-electron chi connectivity index (χ0n) is 7.38. The minimum atomic E-state index is 0.246. The fraction of sp³-hybridized carbons (Fsp3) is 0.222. The molecule has 0 heterocycles. The van der Waals surface area contributed by atoms with Crippen molar-refractivity contribution in [2.45, 2.75) is 0 Å². The highest BCUT2D eigenvalue weighted by Crippen LogP contribution is 2.10. The molecule has 0 aliphatic rings. The van der Waals surface area contributed by atoms with Crippen LogP contribution in [0.2, 0.25) is 0 Å². The largest absolute Gasteiger partial charge is 0.267 e. The van der Waals surface area contributed by atoms with Gasteiger partial charge in [0.25, 0.3) is 0 Å². The van der Waals surface area contributed by atoms with Gasteiger partial charge in [-0.15, -0.1) is 5.11 Å². The standard InChI is InChI=1S/C9H10N4/c1-13(8-7-10)12-11-9-5-3-2-4-6-9/h2-6H,8H2,1H3. The van der Waals surface area contributed by atoms with Gasteiger partial charge in [-0.05, 0) is 12.1 Å². The zero-order valence-corrected chi connectivity index (χ0v) is 7.38. The van der Waals surface area contributed by atoms with Gasteiger partial charge in [-0.2, -0.15) is 5.26 Å². The lowest BCUT2D eigenvalue weighted by Gasteiger charge is -2.03. The molecule has 1 aromatic rings. The number of nitrogens with zero attached hydrogens (tertiary/aromatic N) is 4. The maximum Gasteiger partial charge on any atom is 0.124 e. The van der Waals surface area contributed by atoms with Crippen LogP contribution < -0.4 is 0 Å². The molecule has 0 spiro atoms. The van der Waals surface area contributed by atoms with Gasteiger partial charge < -0.3 is 0 Å². The van der Waals surface area contributed by atoms with Crippen molar-refractivity contribution in [3.8, 4) is 6.07 Å². The number of hydrogen-bond donors (Lipinski definition) is 0. The molecule has 13 heavy (non-hydrogen) atoms. The van der Waals surface area contributed by atoms with Gasteiger partial charge in [0.1, 0.15) is 6.54 Å². The molecule has 0 amide bonds. The Morgan fingerprint density at radius 1 is 1.38 bits per heavy atom. The molecule has 0 N–H and O–H groups in total. The van der Waals surface area contributed by atoms with Crippen LogP contribution in [0.3, 0.4) is 0 Å². The highest BCUT2D eigenvalue weighted by atomic mass is 15.5. The Labute approximate surface area is 77.1 Å². The quantitative estimate of drug-likeness (QED) is 0.400. The molecule has 0 saturated carbocycles. The van der Waals surface area contributed by atoms with Gasteiger partial charge in [0.15, 0.2) is 0 Å². The third-order valence-corrected chi connectivity index (χ3v) is 1.37. The smallest absolute Gasteiger partial charge is 0.124 e. The summed E-state index contributed by atoms with van der Waals surface area (Å²) in [7, 11) is 1.70. The molecule has 0 unspecified atom stereocenters. The Bertz CT molecular complexity index is 312. The van der Waals surface area contributed by atoms with E-state index in [1.165, 1.54) is 5.01 Å². The van der Waals surface area contributed by atoms with Crippen LogP contribution in [-0.4, -0.2) is 18.6 Å². The summed E-state index contributed by atoms with van der Waals surface area (Å²) in [4.78, 5) is 0. The van der Waals surface area contributed by atoms with Crippen molar-refractivity contribution in [3.63, 3.8) is 0 Å². The monoisotopic (exact) mass is 174 g/mol. The Morgan fingerprint density at radius 2 is 2.08 bits per heavy atom. The second-order valence-electron chi connectivity index (χ2n) is 2.50. The number of rotatable bonds is 3. The summed E-state index contributed by atoms with van der Waals surface area (Å²) in [6.45, 7) is 0.246. The van der Waals surface area contributed by atoms with E-state index in [9.17, 15) is 0 Å². The van der Waals surface area contributed by atoms with Gasteiger partial charge in [-0.1, -0.05) is 23.4 Å². The molecule has 0 radical (unpaired) electrons. The highest BCUT2D eigenvalue weighted by molar-refractivity contribution is 5.34. The molecule has 0 aliphatic carbocycles. The second kappa shape index (κ2) is 4.88. The summed E-state index contributed by atoms with van der Waals surface area (Å²) >= 11 is 0. The van der Waals surface area contributed by atoms with Crippen molar-refractivity contribution in [2.75, 3.05) is 13.6 Å². The summed E-state index contributed by atoms with van der Waals surface area (Å²) in [5.74, 6) is 0. The molecule has 0 aromatic heterocycles. The lowest BCUT2D eigenvalue weighted by atomic mass is 10.3. The Hall–Kier alpha value is -1.89. The van der Waals surface area contributed by atoms with Crippen LogP contribution in [-0.2, 0) is 0 Å². The summed E-state index contributed by atoms with van der Waals surface area (Å²) in [5.41, 5.74) is 0.785. The maximum atomic E-state index is 8.34. The van der Waals surface area contributed by atoms with E-state index in [1.807, 2.05) is 36.4 Å². The molecule has 66 valence electrons. The van der Waals surface area contributed by atoms with Crippen molar-refractivity contribution in [3.05, 3.63) is 30.3 Å². The SMILES string of the molecule is CN(CC#N)N=Nc1ccccc1. The molecule has 4 heteroatoms. The van der Waals surface area contributed by atoms with E-state index in [0.29, 0.717) is 0 Å². The Kier molecular flexibility index (Phi) is 3.45. The topological polar surface area (TPSA) is 51.8 Å². The van der Waals surface area contributed by atoms with Crippen LogP contribution in [0.15, 0.2) is 40.7 Å². The van der Waals surface area contributed by atoms with Gasteiger partial charge in [0.05, 0.1) is 11.8 Å². The number of nitriles is 1. The van der Waals surface area contributed by atoms with Crippen LogP contribution in [0, 0.1) is 11.3 Å². The maximum absolute atomic E-state index is 8.34. The minimum absolute atomic E-state index is 0.246. The average Bonchev–Trinajstić information content (AvgIpc) is 2.17. The fourth-order valence-corrected chi connectivity index (χ4v) is 0.757. The molecule has 1 aromatic carbocycles. The van der Waals surface area contributed by atoms with E-state index in [0.717, 1.165) is 5.69 Å². The molecule has 4 nitrogen and oxygen atoms in total. The molecule has 0 aliphatic heterocycles. The molecule has 0 atom stereocenters. The van der Waals surface area contributed by atoms with Crippen molar-refractivity contribution in [2.24, 2.45) is 10.3 Å². The van der Waals surface area contributed by atoms with Crippen LogP contribution >= 0.6 is 0 Å². The lowest BCUT2D eigenvalue weighted by molar-refractivity contribution is 0.373. The molecule has 1 rings (SSSR count). The van der Waals surface area contributed by atoms with Crippen molar-refractivity contribution in [1.29, 1.82) is 5.26 Å². The first-order valence-electron chi connectivity index (χ1n) is 3.87. The third-order valence-electron chi connectivity index (χ3n) is 1.37. The third kappa shape index (κ3) is 3.34. The van der Waals surface area contributed by atoms with E-state index in [2.05, 4.69) is 10.3 Å². The molecule has 0 fully saturated rings. The number of benzene rings is 1. The summed E-state index contributed by atoms with van der Waals surface area (Å²) in [6.07, 6.45) is 0. The zero-order chi connectivity index (χ0) is 9.52. The second-order valence-corrected chi connectivity index (χ2v) is 2.50. The van der Waals surface area contributed by atoms with E-state index in [-0.39, 0.29) is 6.54 Å². The lowest BCUT2D eigenvalue weighted by Crippen LogP contribution is -2.09. The summed E-state index contributed by atoms with van der Waals surface area (Å²) in [5, 5.41) is 17.6. The van der Waals surface area contributed by atoms with Crippen LogP contribution in [0.25, 0.3) is 0 Å². The van der Waals surface area contributed by atoms with Gasteiger partial charge in [0, 0.05) is 7.05 Å². The number of hydrogen-bond acceptors (Lipinski definition) is 3. The van der Waals surface area contributed by atoms with Gasteiger partial charge in [-0.25, -0.2) is 0 Å².